The molecule has 3 aromatic rings. The second-order valence-corrected chi connectivity index (χ2v) is 7.31. The number of carbonyl (C=O) groups excluding carboxylic acids is 1. The number of halogens is 1. The zero-order valence-corrected chi connectivity index (χ0v) is 15.9. The summed E-state index contributed by atoms with van der Waals surface area (Å²) in [6.07, 6.45) is 3.70. The van der Waals surface area contributed by atoms with Gasteiger partial charge in [-0.15, -0.1) is 11.3 Å². The molecule has 2 heterocycles. The second kappa shape index (κ2) is 7.42. The second-order valence-electron chi connectivity index (χ2n) is 5.88. The van der Waals surface area contributed by atoms with Crippen LogP contribution < -0.4 is 14.9 Å². The fourth-order valence-corrected chi connectivity index (χ4v) is 4.03. The molecule has 0 atom stereocenters. The molecule has 0 spiro atoms. The van der Waals surface area contributed by atoms with Gasteiger partial charge in [0.15, 0.2) is 11.5 Å². The lowest BCUT2D eigenvalue weighted by Gasteiger charge is -1.99. The van der Waals surface area contributed by atoms with E-state index in [1.807, 2.05) is 54.6 Å². The molecule has 0 radical (unpaired) electrons. The first-order valence-corrected chi connectivity index (χ1v) is 9.40. The van der Waals surface area contributed by atoms with Gasteiger partial charge in [-0.3, -0.25) is 4.79 Å². The van der Waals surface area contributed by atoms with Gasteiger partial charge in [0.25, 0.3) is 5.91 Å². The molecule has 1 N–H and O–H groups in total. The van der Waals surface area contributed by atoms with Crippen molar-refractivity contribution in [3.05, 3.63) is 64.0 Å². The largest absolute Gasteiger partial charge is 0.454 e. The summed E-state index contributed by atoms with van der Waals surface area (Å²) in [4.78, 5) is 12.8. The molecule has 7 heteroatoms. The van der Waals surface area contributed by atoms with E-state index in [0.29, 0.717) is 15.6 Å². The van der Waals surface area contributed by atoms with Crippen molar-refractivity contribution in [1.82, 2.24) is 5.43 Å². The molecule has 0 bridgehead atoms. The highest BCUT2D eigenvalue weighted by molar-refractivity contribution is 7.21. The van der Waals surface area contributed by atoms with E-state index < -0.39 is 0 Å². The van der Waals surface area contributed by atoms with E-state index >= 15 is 0 Å². The van der Waals surface area contributed by atoms with Gasteiger partial charge in [0.05, 0.1) is 10.7 Å². The standard InChI is InChI=1S/C20H15ClN2O3S/c1-12(6-7-13-8-9-15-16(10-13)26-11-25-15)22-23-20(24)19-18(21)14-4-2-3-5-17(14)27-19/h2-10H,11H2,1H3,(H,23,24)/b7-6+,22-12-. The third-order valence-electron chi connectivity index (χ3n) is 3.99. The lowest BCUT2D eigenvalue weighted by Crippen LogP contribution is -2.17. The van der Waals surface area contributed by atoms with Gasteiger partial charge in [-0.2, -0.15) is 5.10 Å². The van der Waals surface area contributed by atoms with Gasteiger partial charge in [0.2, 0.25) is 6.79 Å². The average molecular weight is 399 g/mol. The number of fused-ring (bicyclic) bond motifs is 2. The van der Waals surface area contributed by atoms with E-state index in [2.05, 4.69) is 10.5 Å². The van der Waals surface area contributed by atoms with Crippen molar-refractivity contribution >= 4 is 50.7 Å². The highest BCUT2D eigenvalue weighted by Crippen LogP contribution is 2.35. The molecular weight excluding hydrogens is 384 g/mol. The summed E-state index contributed by atoms with van der Waals surface area (Å²) >= 11 is 7.67. The highest BCUT2D eigenvalue weighted by Gasteiger charge is 2.16. The van der Waals surface area contributed by atoms with Crippen molar-refractivity contribution in [3.8, 4) is 11.5 Å². The fraction of sp³-hybridized carbons (Fsp3) is 0.100. The summed E-state index contributed by atoms with van der Waals surface area (Å²) in [7, 11) is 0. The number of hydrogen-bond donors (Lipinski definition) is 1. The number of nitrogens with zero attached hydrogens (tertiary/aromatic N) is 1. The van der Waals surface area contributed by atoms with Crippen molar-refractivity contribution in [1.29, 1.82) is 0 Å². The van der Waals surface area contributed by atoms with E-state index in [1.54, 1.807) is 6.92 Å². The van der Waals surface area contributed by atoms with Crippen molar-refractivity contribution < 1.29 is 14.3 Å². The molecule has 5 nitrogen and oxygen atoms in total. The summed E-state index contributed by atoms with van der Waals surface area (Å²) < 4.78 is 11.6. The third-order valence-corrected chi connectivity index (χ3v) is 5.66. The van der Waals surface area contributed by atoms with Crippen molar-refractivity contribution in [2.45, 2.75) is 6.92 Å². The minimum absolute atomic E-state index is 0.245. The first kappa shape index (κ1) is 17.6. The molecule has 0 unspecified atom stereocenters. The van der Waals surface area contributed by atoms with Gasteiger partial charge >= 0.3 is 0 Å². The van der Waals surface area contributed by atoms with Crippen LogP contribution in [0.25, 0.3) is 16.2 Å². The number of ether oxygens (including phenoxy) is 2. The Bertz CT molecular complexity index is 1090. The number of benzene rings is 2. The minimum Gasteiger partial charge on any atom is -0.454 e. The van der Waals surface area contributed by atoms with Crippen LogP contribution in [0.4, 0.5) is 0 Å². The monoisotopic (exact) mass is 398 g/mol. The Morgan fingerprint density at radius 3 is 2.89 bits per heavy atom. The molecular formula is C20H15ClN2O3S. The van der Waals surface area contributed by atoms with Crippen LogP contribution in [0.3, 0.4) is 0 Å². The van der Waals surface area contributed by atoms with Crippen LogP contribution in [0, 0.1) is 0 Å². The van der Waals surface area contributed by atoms with Crippen LogP contribution in [-0.2, 0) is 0 Å². The Hall–Kier alpha value is -2.83. The first-order valence-electron chi connectivity index (χ1n) is 8.21. The molecule has 1 aliphatic heterocycles. The minimum atomic E-state index is -0.322. The summed E-state index contributed by atoms with van der Waals surface area (Å²) in [6, 6.07) is 13.3. The number of amides is 1. The Kier molecular flexibility index (Phi) is 4.83. The van der Waals surface area contributed by atoms with Gasteiger partial charge in [-0.1, -0.05) is 41.9 Å². The Balaban J connectivity index is 1.45. The van der Waals surface area contributed by atoms with Crippen LogP contribution >= 0.6 is 22.9 Å². The van der Waals surface area contributed by atoms with Crippen molar-refractivity contribution in [3.63, 3.8) is 0 Å². The van der Waals surface area contributed by atoms with Gasteiger partial charge < -0.3 is 9.47 Å². The predicted octanol–water partition coefficient (Wildman–Crippen LogP) is 5.10. The maximum Gasteiger partial charge on any atom is 0.283 e. The number of hydrazone groups is 1. The Labute approximate surface area is 164 Å². The third kappa shape index (κ3) is 3.67. The Morgan fingerprint density at radius 1 is 1.22 bits per heavy atom. The molecule has 1 aromatic heterocycles. The fourth-order valence-electron chi connectivity index (χ4n) is 2.62. The molecule has 2 aromatic carbocycles. The molecule has 136 valence electrons. The lowest BCUT2D eigenvalue weighted by atomic mass is 10.2. The maximum atomic E-state index is 12.4. The van der Waals surface area contributed by atoms with E-state index in [0.717, 1.165) is 27.1 Å². The molecule has 0 saturated heterocycles. The average Bonchev–Trinajstić information content (AvgIpc) is 3.29. The first-order chi connectivity index (χ1) is 13.1. The number of nitrogens with one attached hydrogen (secondary N) is 1. The van der Waals surface area contributed by atoms with E-state index in [1.165, 1.54) is 11.3 Å². The molecule has 1 amide bonds. The molecule has 1 aliphatic rings. The van der Waals surface area contributed by atoms with Gasteiger partial charge in [-0.25, -0.2) is 5.43 Å². The van der Waals surface area contributed by atoms with Crippen molar-refractivity contribution in [2.24, 2.45) is 5.10 Å². The summed E-state index contributed by atoms with van der Waals surface area (Å²) in [5.74, 6) is 1.14. The van der Waals surface area contributed by atoms with E-state index in [4.69, 9.17) is 21.1 Å². The summed E-state index contributed by atoms with van der Waals surface area (Å²) in [6.45, 7) is 2.05. The van der Waals surface area contributed by atoms with Gasteiger partial charge in [-0.05, 0) is 36.8 Å². The number of allylic oxidation sites excluding steroid dienone is 1. The number of rotatable bonds is 4. The molecule has 0 aliphatic carbocycles. The smallest absolute Gasteiger partial charge is 0.283 e. The predicted molar refractivity (Wildman–Crippen MR) is 109 cm³/mol. The molecule has 27 heavy (non-hydrogen) atoms. The maximum absolute atomic E-state index is 12.4. The van der Waals surface area contributed by atoms with Crippen LogP contribution in [0.15, 0.2) is 53.6 Å². The normalized spacial score (nSPS) is 13.5. The Morgan fingerprint density at radius 2 is 2.04 bits per heavy atom. The zero-order valence-electron chi connectivity index (χ0n) is 14.4. The summed E-state index contributed by atoms with van der Waals surface area (Å²) in [5.41, 5.74) is 4.16. The SMILES string of the molecule is CC(/C=C/c1ccc2c(c1)OCO2)=N/NC(=O)c1sc2ccccc2c1Cl. The molecule has 0 saturated carbocycles. The molecule has 0 fully saturated rings. The number of thiophene rings is 1. The van der Waals surface area contributed by atoms with Gasteiger partial charge in [0.1, 0.15) is 4.88 Å². The van der Waals surface area contributed by atoms with Gasteiger partial charge in [0, 0.05) is 10.1 Å². The van der Waals surface area contributed by atoms with E-state index in [9.17, 15) is 4.79 Å². The zero-order chi connectivity index (χ0) is 18.8. The van der Waals surface area contributed by atoms with E-state index in [-0.39, 0.29) is 12.7 Å². The van der Waals surface area contributed by atoms with Crippen LogP contribution in [0.2, 0.25) is 5.02 Å². The topological polar surface area (TPSA) is 59.9 Å². The van der Waals surface area contributed by atoms with Crippen LogP contribution in [-0.4, -0.2) is 18.4 Å². The lowest BCUT2D eigenvalue weighted by molar-refractivity contribution is 0.0959. The number of hydrogen-bond acceptors (Lipinski definition) is 5. The van der Waals surface area contributed by atoms with Crippen molar-refractivity contribution in [2.75, 3.05) is 6.79 Å². The summed E-state index contributed by atoms with van der Waals surface area (Å²) in [5, 5.41) is 5.45. The number of carbonyl (C=O) groups is 1. The highest BCUT2D eigenvalue weighted by atomic mass is 35.5. The molecule has 4 rings (SSSR count). The van der Waals surface area contributed by atoms with Crippen LogP contribution in [0.1, 0.15) is 22.2 Å². The quantitative estimate of drug-likeness (QED) is 0.491. The van der Waals surface area contributed by atoms with Crippen LogP contribution in [0.5, 0.6) is 11.5 Å².